The summed E-state index contributed by atoms with van der Waals surface area (Å²) in [5, 5.41) is 12.0. The maximum Gasteiger partial charge on any atom is 0.413 e. The number of carbonyl (C=O) groups is 2. The Kier molecular flexibility index (Phi) is 4.16. The summed E-state index contributed by atoms with van der Waals surface area (Å²) in [7, 11) is 0. The van der Waals surface area contributed by atoms with E-state index in [0.717, 1.165) is 17.7 Å². The smallest absolute Gasteiger partial charge is 0.413 e. The third kappa shape index (κ3) is 3.11. The van der Waals surface area contributed by atoms with E-state index in [2.05, 4.69) is 16.9 Å². The molecule has 0 saturated heterocycles. The highest BCUT2D eigenvalue weighted by Gasteiger charge is 2.30. The predicted octanol–water partition coefficient (Wildman–Crippen LogP) is 2.38. The van der Waals surface area contributed by atoms with Crippen molar-refractivity contribution < 1.29 is 19.4 Å². The minimum Gasteiger partial charge on any atom is -0.481 e. The van der Waals surface area contributed by atoms with E-state index in [9.17, 15) is 9.59 Å². The summed E-state index contributed by atoms with van der Waals surface area (Å²) in [6, 6.07) is 0. The fourth-order valence-corrected chi connectivity index (χ4v) is 3.02. The van der Waals surface area contributed by atoms with E-state index in [4.69, 9.17) is 9.84 Å². The average molecular weight is 282 g/mol. The highest BCUT2D eigenvalue weighted by atomic mass is 32.1. The van der Waals surface area contributed by atoms with Gasteiger partial charge in [0.1, 0.15) is 12.5 Å². The van der Waals surface area contributed by atoms with Crippen LogP contribution in [0.1, 0.15) is 29.3 Å². The van der Waals surface area contributed by atoms with Gasteiger partial charge in [-0.2, -0.15) is 0 Å². The van der Waals surface area contributed by atoms with Crippen LogP contribution in [0.15, 0.2) is 12.7 Å². The van der Waals surface area contributed by atoms with Gasteiger partial charge in [0.05, 0.1) is 5.69 Å². The number of hydrogen-bond donors (Lipinski definition) is 2. The van der Waals surface area contributed by atoms with E-state index in [1.54, 1.807) is 0 Å². The Morgan fingerprint density at radius 3 is 3.11 bits per heavy atom. The number of amides is 1. The number of fused-ring (bicyclic) bond motifs is 1. The normalized spacial score (nSPS) is 17.4. The fraction of sp³-hybridized carbons (Fsp3) is 0.417. The molecule has 2 rings (SSSR count). The number of anilines is 1. The van der Waals surface area contributed by atoms with Gasteiger partial charge in [-0.05, 0) is 19.3 Å². The molecular weight excluding hydrogens is 268 g/mol. The standard InChI is InChI=1S/C12H14N2O4S/c1-2-6-18-12(17)14-11-13-9-7(10(15)16)4-3-5-8(9)19-11/h2,7H,1,3-6H2,(H,15,16)(H,13,14,17). The summed E-state index contributed by atoms with van der Waals surface area (Å²) in [5.74, 6) is -1.44. The lowest BCUT2D eigenvalue weighted by Gasteiger charge is -2.16. The number of thiazole rings is 1. The highest BCUT2D eigenvalue weighted by molar-refractivity contribution is 7.15. The first kappa shape index (κ1) is 13.5. The molecule has 0 aromatic carbocycles. The molecule has 0 spiro atoms. The van der Waals surface area contributed by atoms with Crippen molar-refractivity contribution in [2.45, 2.75) is 25.2 Å². The Balaban J connectivity index is 2.10. The number of carbonyl (C=O) groups excluding carboxylic acids is 1. The second-order valence-corrected chi connectivity index (χ2v) is 5.21. The third-order valence-corrected chi connectivity index (χ3v) is 3.84. The molecule has 0 aliphatic heterocycles. The van der Waals surface area contributed by atoms with E-state index < -0.39 is 18.0 Å². The SMILES string of the molecule is C=CCOC(=O)Nc1nc2c(s1)CCCC2C(=O)O. The Bertz CT molecular complexity index is 512. The van der Waals surface area contributed by atoms with Gasteiger partial charge in [-0.15, -0.1) is 11.3 Å². The topological polar surface area (TPSA) is 88.5 Å². The molecule has 7 heteroatoms. The molecule has 1 aliphatic rings. The molecular formula is C12H14N2O4S. The van der Waals surface area contributed by atoms with E-state index in [1.165, 1.54) is 17.4 Å². The molecule has 1 aliphatic carbocycles. The first-order valence-corrected chi connectivity index (χ1v) is 6.70. The number of aliphatic carboxylic acids is 1. The van der Waals surface area contributed by atoms with Gasteiger partial charge in [0.25, 0.3) is 0 Å². The number of rotatable bonds is 4. The largest absolute Gasteiger partial charge is 0.481 e. The van der Waals surface area contributed by atoms with Crippen LogP contribution in [0, 0.1) is 0 Å². The summed E-state index contributed by atoms with van der Waals surface area (Å²) >= 11 is 1.31. The van der Waals surface area contributed by atoms with Crippen LogP contribution in [0.4, 0.5) is 9.93 Å². The van der Waals surface area contributed by atoms with Crippen molar-refractivity contribution in [1.29, 1.82) is 0 Å². The predicted molar refractivity (Wildman–Crippen MR) is 70.6 cm³/mol. The zero-order valence-electron chi connectivity index (χ0n) is 10.2. The van der Waals surface area contributed by atoms with Crippen molar-refractivity contribution in [2.75, 3.05) is 11.9 Å². The molecule has 1 aromatic rings. The Hall–Kier alpha value is -1.89. The van der Waals surface area contributed by atoms with Crippen molar-refractivity contribution in [2.24, 2.45) is 0 Å². The number of aryl methyl sites for hydroxylation is 1. The lowest BCUT2D eigenvalue weighted by molar-refractivity contribution is -0.139. The van der Waals surface area contributed by atoms with Crippen LogP contribution in [-0.2, 0) is 16.0 Å². The second kappa shape index (κ2) is 5.83. The molecule has 1 aromatic heterocycles. The number of aromatic nitrogens is 1. The van der Waals surface area contributed by atoms with Gasteiger partial charge in [0, 0.05) is 4.88 Å². The Morgan fingerprint density at radius 2 is 2.42 bits per heavy atom. The van der Waals surface area contributed by atoms with Gasteiger partial charge in [-0.25, -0.2) is 9.78 Å². The van der Waals surface area contributed by atoms with Crippen LogP contribution in [0.3, 0.4) is 0 Å². The Labute approximate surface area is 114 Å². The molecule has 6 nitrogen and oxygen atoms in total. The molecule has 1 atom stereocenters. The molecule has 102 valence electrons. The third-order valence-electron chi connectivity index (χ3n) is 2.79. The van der Waals surface area contributed by atoms with Gasteiger partial charge in [-0.3, -0.25) is 10.1 Å². The highest BCUT2D eigenvalue weighted by Crippen LogP contribution is 2.36. The van der Waals surface area contributed by atoms with Crippen LogP contribution in [0.5, 0.6) is 0 Å². The number of ether oxygens (including phenoxy) is 1. The molecule has 1 unspecified atom stereocenters. The minimum atomic E-state index is -0.868. The van der Waals surface area contributed by atoms with Crippen molar-refractivity contribution in [3.05, 3.63) is 23.2 Å². The van der Waals surface area contributed by atoms with Gasteiger partial charge in [-0.1, -0.05) is 12.7 Å². The lowest BCUT2D eigenvalue weighted by Crippen LogP contribution is -2.17. The van der Waals surface area contributed by atoms with Crippen LogP contribution >= 0.6 is 11.3 Å². The van der Waals surface area contributed by atoms with Crippen molar-refractivity contribution in [1.82, 2.24) is 4.98 Å². The van der Waals surface area contributed by atoms with Crippen molar-refractivity contribution in [3.63, 3.8) is 0 Å². The fourth-order valence-electron chi connectivity index (χ4n) is 1.97. The zero-order chi connectivity index (χ0) is 13.8. The van der Waals surface area contributed by atoms with Crippen LogP contribution in [-0.4, -0.2) is 28.8 Å². The van der Waals surface area contributed by atoms with Crippen molar-refractivity contribution in [3.8, 4) is 0 Å². The summed E-state index contributed by atoms with van der Waals surface area (Å²) < 4.78 is 4.78. The number of carboxylic acid groups (broad SMARTS) is 1. The zero-order valence-corrected chi connectivity index (χ0v) is 11.0. The van der Waals surface area contributed by atoms with E-state index in [0.29, 0.717) is 17.2 Å². The lowest BCUT2D eigenvalue weighted by atomic mass is 9.91. The second-order valence-electron chi connectivity index (χ2n) is 4.12. The summed E-state index contributed by atoms with van der Waals surface area (Å²) in [4.78, 5) is 27.6. The van der Waals surface area contributed by atoms with E-state index in [-0.39, 0.29) is 6.61 Å². The molecule has 2 N–H and O–H groups in total. The quantitative estimate of drug-likeness (QED) is 0.828. The Morgan fingerprint density at radius 1 is 1.63 bits per heavy atom. The first-order chi connectivity index (χ1) is 9.11. The molecule has 0 radical (unpaired) electrons. The van der Waals surface area contributed by atoms with Gasteiger partial charge < -0.3 is 9.84 Å². The van der Waals surface area contributed by atoms with Crippen LogP contribution in [0.25, 0.3) is 0 Å². The van der Waals surface area contributed by atoms with Gasteiger partial charge in [0.15, 0.2) is 5.13 Å². The maximum atomic E-state index is 11.4. The number of carboxylic acids is 1. The minimum absolute atomic E-state index is 0.120. The first-order valence-electron chi connectivity index (χ1n) is 5.89. The van der Waals surface area contributed by atoms with Crippen molar-refractivity contribution >= 4 is 28.5 Å². The number of nitrogens with one attached hydrogen (secondary N) is 1. The molecule has 0 saturated carbocycles. The molecule has 1 heterocycles. The number of nitrogens with zero attached hydrogens (tertiary/aromatic N) is 1. The molecule has 0 fully saturated rings. The summed E-state index contributed by atoms with van der Waals surface area (Å²) in [5.41, 5.74) is 0.572. The molecule has 19 heavy (non-hydrogen) atoms. The van der Waals surface area contributed by atoms with Crippen LogP contribution < -0.4 is 5.32 Å². The van der Waals surface area contributed by atoms with Crippen LogP contribution in [0.2, 0.25) is 0 Å². The molecule has 1 amide bonds. The average Bonchev–Trinajstić information content (AvgIpc) is 2.77. The van der Waals surface area contributed by atoms with E-state index >= 15 is 0 Å². The monoisotopic (exact) mass is 282 g/mol. The van der Waals surface area contributed by atoms with Gasteiger partial charge >= 0.3 is 12.1 Å². The number of hydrogen-bond acceptors (Lipinski definition) is 5. The van der Waals surface area contributed by atoms with Gasteiger partial charge in [0.2, 0.25) is 0 Å². The summed E-state index contributed by atoms with van der Waals surface area (Å²) in [6.07, 6.45) is 3.07. The molecule has 0 bridgehead atoms. The van der Waals surface area contributed by atoms with E-state index in [1.807, 2.05) is 0 Å². The summed E-state index contributed by atoms with van der Waals surface area (Å²) in [6.45, 7) is 3.56. The maximum absolute atomic E-state index is 11.4.